The smallest absolute Gasteiger partial charge is 0.199 e. The van der Waals surface area contributed by atoms with Gasteiger partial charge < -0.3 is 13.9 Å². The lowest BCUT2D eigenvalue weighted by Gasteiger charge is -2.31. The molecule has 0 N–H and O–H groups in total. The number of benzene rings is 1. The summed E-state index contributed by atoms with van der Waals surface area (Å²) >= 11 is 0. The Balaban J connectivity index is 1.57. The van der Waals surface area contributed by atoms with Gasteiger partial charge in [0.2, 0.25) is 0 Å². The number of aromatic nitrogens is 3. The van der Waals surface area contributed by atoms with Gasteiger partial charge in [0.05, 0.1) is 18.3 Å². The zero-order valence-electron chi connectivity index (χ0n) is 17.2. The third-order valence-electron chi connectivity index (χ3n) is 5.13. The van der Waals surface area contributed by atoms with E-state index in [1.807, 2.05) is 32.3 Å². The van der Waals surface area contributed by atoms with Crippen LogP contribution in [0.3, 0.4) is 0 Å². The molecule has 1 aliphatic heterocycles. The van der Waals surface area contributed by atoms with Crippen LogP contribution in [-0.4, -0.2) is 31.8 Å². The minimum atomic E-state index is -0.261. The molecule has 3 aromatic rings. The van der Waals surface area contributed by atoms with Crippen molar-refractivity contribution in [2.24, 2.45) is 4.99 Å². The summed E-state index contributed by atoms with van der Waals surface area (Å²) in [6, 6.07) is 6.32. The van der Waals surface area contributed by atoms with E-state index in [2.05, 4.69) is 26.0 Å². The molecule has 0 unspecified atom stereocenters. The van der Waals surface area contributed by atoms with E-state index in [1.54, 1.807) is 18.3 Å². The van der Waals surface area contributed by atoms with Crippen LogP contribution in [0.2, 0.25) is 0 Å². The lowest BCUT2D eigenvalue weighted by Crippen LogP contribution is -2.38. The Hall–Kier alpha value is -3.48. The summed E-state index contributed by atoms with van der Waals surface area (Å²) in [6.45, 7) is 10.5. The number of hydrogen-bond donors (Lipinski definition) is 0. The molecule has 0 spiro atoms. The van der Waals surface area contributed by atoms with Crippen LogP contribution in [0.5, 0.6) is 0 Å². The molecule has 0 bridgehead atoms. The number of aliphatic imine (C=N–C) groups is 1. The second-order valence-electron chi connectivity index (χ2n) is 7.22. The Bertz CT molecular complexity index is 1110. The third kappa shape index (κ3) is 4.25. The van der Waals surface area contributed by atoms with Crippen molar-refractivity contribution in [2.45, 2.75) is 33.4 Å². The molecule has 0 fully saturated rings. The van der Waals surface area contributed by atoms with Crippen molar-refractivity contribution in [2.75, 3.05) is 6.54 Å². The molecule has 4 rings (SSSR count). The Labute approximate surface area is 175 Å². The zero-order valence-corrected chi connectivity index (χ0v) is 17.2. The number of rotatable bonds is 5. The van der Waals surface area contributed by atoms with Gasteiger partial charge >= 0.3 is 0 Å². The Kier molecular flexibility index (Phi) is 5.61. The predicted molar refractivity (Wildman–Crippen MR) is 114 cm³/mol. The molecule has 1 aliphatic rings. The summed E-state index contributed by atoms with van der Waals surface area (Å²) in [4.78, 5) is 15.8. The first kappa shape index (κ1) is 19.8. The van der Waals surface area contributed by atoms with Crippen molar-refractivity contribution in [3.8, 4) is 0 Å². The zero-order chi connectivity index (χ0) is 21.1. The van der Waals surface area contributed by atoms with E-state index < -0.39 is 0 Å². The maximum absolute atomic E-state index is 13.1. The average molecular weight is 405 g/mol. The fourth-order valence-electron chi connectivity index (χ4n) is 3.33. The Morgan fingerprint density at radius 1 is 1.27 bits per heavy atom. The highest BCUT2D eigenvalue weighted by atomic mass is 19.1. The molecule has 154 valence electrons. The summed E-state index contributed by atoms with van der Waals surface area (Å²) in [5, 5.41) is 0. The third-order valence-corrected chi connectivity index (χ3v) is 5.13. The Morgan fingerprint density at radius 2 is 2.07 bits per heavy atom. The highest BCUT2D eigenvalue weighted by Gasteiger charge is 2.24. The first-order valence-electron chi connectivity index (χ1n) is 9.89. The molecule has 1 aromatic carbocycles. The van der Waals surface area contributed by atoms with Gasteiger partial charge in [0.1, 0.15) is 17.5 Å². The topological polar surface area (TPSA) is 59.5 Å². The number of fused-ring (bicyclic) bond motifs is 1. The van der Waals surface area contributed by atoms with Crippen molar-refractivity contribution in [1.82, 2.24) is 19.4 Å². The molecule has 0 saturated heterocycles. The average Bonchev–Trinajstić information content (AvgIpc) is 3.42. The van der Waals surface area contributed by atoms with E-state index in [9.17, 15) is 4.39 Å². The SMILES string of the molecule is C=C(C(=N/C(C)=C\C)N1CCn2ccnc2C1)c1cnc(Cc2ccc(F)cc2)o1. The highest BCUT2D eigenvalue weighted by Crippen LogP contribution is 2.23. The van der Waals surface area contributed by atoms with E-state index in [1.165, 1.54) is 12.1 Å². The van der Waals surface area contributed by atoms with Crippen LogP contribution in [0.15, 0.2) is 70.6 Å². The molecule has 3 heterocycles. The van der Waals surface area contributed by atoms with Gasteiger partial charge in [-0.05, 0) is 31.5 Å². The van der Waals surface area contributed by atoms with Gasteiger partial charge in [0.15, 0.2) is 11.7 Å². The van der Waals surface area contributed by atoms with Crippen molar-refractivity contribution >= 4 is 11.4 Å². The minimum Gasteiger partial charge on any atom is -0.440 e. The van der Waals surface area contributed by atoms with Gasteiger partial charge in [0.25, 0.3) is 0 Å². The summed E-state index contributed by atoms with van der Waals surface area (Å²) in [5.41, 5.74) is 2.50. The van der Waals surface area contributed by atoms with Crippen molar-refractivity contribution in [3.05, 3.63) is 90.1 Å². The largest absolute Gasteiger partial charge is 0.440 e. The number of imidazole rings is 1. The summed E-state index contributed by atoms with van der Waals surface area (Å²) < 4.78 is 21.2. The maximum Gasteiger partial charge on any atom is 0.199 e. The number of nitrogens with zero attached hydrogens (tertiary/aromatic N) is 5. The molecule has 0 radical (unpaired) electrons. The number of allylic oxidation sites excluding steroid dienone is 2. The number of hydrogen-bond acceptors (Lipinski definition) is 4. The van der Waals surface area contributed by atoms with Gasteiger partial charge in [-0.2, -0.15) is 0 Å². The fourth-order valence-corrected chi connectivity index (χ4v) is 3.33. The van der Waals surface area contributed by atoms with Crippen LogP contribution >= 0.6 is 0 Å². The normalized spacial score (nSPS) is 14.7. The summed E-state index contributed by atoms with van der Waals surface area (Å²) in [6.07, 6.45) is 7.92. The molecule has 2 aromatic heterocycles. The van der Waals surface area contributed by atoms with Crippen molar-refractivity contribution < 1.29 is 8.81 Å². The Morgan fingerprint density at radius 3 is 2.83 bits per heavy atom. The molecule has 0 aliphatic carbocycles. The molecule has 7 heteroatoms. The monoisotopic (exact) mass is 405 g/mol. The number of amidine groups is 1. The van der Waals surface area contributed by atoms with Crippen LogP contribution in [0.1, 0.15) is 36.9 Å². The summed E-state index contributed by atoms with van der Waals surface area (Å²) in [5.74, 6) is 2.61. The van der Waals surface area contributed by atoms with E-state index in [4.69, 9.17) is 9.41 Å². The molecule has 0 amide bonds. The fraction of sp³-hybridized carbons (Fsp3) is 0.261. The second-order valence-corrected chi connectivity index (χ2v) is 7.22. The molecular weight excluding hydrogens is 381 g/mol. The number of halogens is 1. The van der Waals surface area contributed by atoms with Gasteiger partial charge in [-0.1, -0.05) is 24.8 Å². The van der Waals surface area contributed by atoms with Crippen molar-refractivity contribution in [3.63, 3.8) is 0 Å². The predicted octanol–water partition coefficient (Wildman–Crippen LogP) is 4.45. The molecular formula is C23H24FN5O. The van der Waals surface area contributed by atoms with Crippen LogP contribution in [0.4, 0.5) is 4.39 Å². The van der Waals surface area contributed by atoms with E-state index in [0.717, 1.165) is 36.0 Å². The van der Waals surface area contributed by atoms with E-state index in [-0.39, 0.29) is 5.82 Å². The second kappa shape index (κ2) is 8.49. The number of oxazole rings is 1. The van der Waals surface area contributed by atoms with Gasteiger partial charge in [-0.15, -0.1) is 0 Å². The quantitative estimate of drug-likeness (QED) is 0.465. The lowest BCUT2D eigenvalue weighted by atomic mass is 10.1. The van der Waals surface area contributed by atoms with Crippen molar-refractivity contribution in [1.29, 1.82) is 0 Å². The van der Waals surface area contributed by atoms with Gasteiger partial charge in [-0.25, -0.2) is 19.4 Å². The van der Waals surface area contributed by atoms with E-state index >= 15 is 0 Å². The first-order chi connectivity index (χ1) is 14.5. The lowest BCUT2D eigenvalue weighted by molar-refractivity contribution is 0.331. The summed E-state index contributed by atoms with van der Waals surface area (Å²) in [7, 11) is 0. The standard InChI is InChI=1S/C23H24FN5O/c1-4-16(2)27-23(29-12-11-28-10-9-25-21(28)15-29)17(3)20-14-26-22(30-20)13-18-5-7-19(24)8-6-18/h4-10,14H,3,11-13,15H2,1-2H3/b16-4-,27-23?. The molecule has 0 atom stereocenters. The van der Waals surface area contributed by atoms with Crippen LogP contribution in [0, 0.1) is 5.82 Å². The molecule has 0 saturated carbocycles. The minimum absolute atomic E-state index is 0.261. The maximum atomic E-state index is 13.1. The first-order valence-corrected chi connectivity index (χ1v) is 9.89. The molecule has 30 heavy (non-hydrogen) atoms. The molecule has 6 nitrogen and oxygen atoms in total. The van der Waals surface area contributed by atoms with E-state index in [0.29, 0.717) is 30.2 Å². The van der Waals surface area contributed by atoms with Crippen LogP contribution in [0.25, 0.3) is 5.57 Å². The van der Waals surface area contributed by atoms with Gasteiger partial charge in [0, 0.05) is 37.6 Å². The van der Waals surface area contributed by atoms with Gasteiger partial charge in [-0.3, -0.25) is 0 Å². The van der Waals surface area contributed by atoms with Crippen LogP contribution in [-0.2, 0) is 19.5 Å². The highest BCUT2D eigenvalue weighted by molar-refractivity contribution is 6.21. The van der Waals surface area contributed by atoms with Crippen LogP contribution < -0.4 is 0 Å².